The van der Waals surface area contributed by atoms with Crippen LogP contribution in [0.3, 0.4) is 0 Å². The maximum Gasteiger partial charge on any atom is 0.253 e. The van der Waals surface area contributed by atoms with Crippen molar-refractivity contribution in [2.24, 2.45) is 0 Å². The van der Waals surface area contributed by atoms with E-state index in [0.717, 1.165) is 29.9 Å². The predicted molar refractivity (Wildman–Crippen MR) is 103 cm³/mol. The van der Waals surface area contributed by atoms with E-state index in [2.05, 4.69) is 15.5 Å². The predicted octanol–water partition coefficient (Wildman–Crippen LogP) is 2.10. The first-order valence-corrected chi connectivity index (χ1v) is 9.35. The first-order valence-electron chi connectivity index (χ1n) is 9.35. The van der Waals surface area contributed by atoms with E-state index >= 15 is 0 Å². The molecule has 2 aliphatic heterocycles. The van der Waals surface area contributed by atoms with Crippen LogP contribution in [0.1, 0.15) is 35.2 Å². The van der Waals surface area contributed by atoms with Gasteiger partial charge < -0.3 is 15.1 Å². The Morgan fingerprint density at radius 2 is 2.00 bits per heavy atom. The fraction of sp³-hybridized carbons (Fsp3) is 0.400. The summed E-state index contributed by atoms with van der Waals surface area (Å²) in [6.45, 7) is 1.43. The fourth-order valence-electron chi connectivity index (χ4n) is 3.79. The Hall–Kier alpha value is -2.96. The lowest BCUT2D eigenvalue weighted by atomic mass is 9.98. The third kappa shape index (κ3) is 3.63. The summed E-state index contributed by atoms with van der Waals surface area (Å²) in [6, 6.07) is 9.73. The highest BCUT2D eigenvalue weighted by Crippen LogP contribution is 2.28. The van der Waals surface area contributed by atoms with Gasteiger partial charge in [-0.25, -0.2) is 0 Å². The number of benzene rings is 1. The second-order valence-electron chi connectivity index (χ2n) is 7.12. The van der Waals surface area contributed by atoms with Crippen LogP contribution in [0.4, 0.5) is 11.5 Å². The van der Waals surface area contributed by atoms with Crippen LogP contribution < -0.4 is 10.2 Å². The number of carbonyl (C=O) groups excluding carboxylic acids is 2. The van der Waals surface area contributed by atoms with Crippen LogP contribution in [0.25, 0.3) is 0 Å². The summed E-state index contributed by atoms with van der Waals surface area (Å²) in [5.74, 6) is 0.963. The van der Waals surface area contributed by atoms with Crippen molar-refractivity contribution in [3.63, 3.8) is 0 Å². The molecule has 0 aliphatic carbocycles. The van der Waals surface area contributed by atoms with Crippen molar-refractivity contribution in [2.75, 3.05) is 30.4 Å². The minimum absolute atomic E-state index is 0.0651. The Kier molecular flexibility index (Phi) is 4.75. The molecular weight excluding hydrogens is 342 g/mol. The summed E-state index contributed by atoms with van der Waals surface area (Å²) >= 11 is 0. The van der Waals surface area contributed by atoms with Gasteiger partial charge in [0.1, 0.15) is 5.82 Å². The third-order valence-electron chi connectivity index (χ3n) is 5.38. The summed E-state index contributed by atoms with van der Waals surface area (Å²) in [4.78, 5) is 28.3. The molecule has 1 saturated heterocycles. The average Bonchev–Trinajstić information content (AvgIpc) is 2.71. The number of hydrogen-bond donors (Lipinski definition) is 1. The van der Waals surface area contributed by atoms with Crippen LogP contribution in [-0.2, 0) is 11.2 Å². The van der Waals surface area contributed by atoms with E-state index in [1.165, 1.54) is 0 Å². The molecule has 0 saturated carbocycles. The molecule has 1 aromatic carbocycles. The number of rotatable bonds is 3. The molecule has 2 aromatic rings. The van der Waals surface area contributed by atoms with Crippen LogP contribution in [0.15, 0.2) is 36.5 Å². The van der Waals surface area contributed by atoms with E-state index in [-0.39, 0.29) is 11.8 Å². The molecule has 1 fully saturated rings. The van der Waals surface area contributed by atoms with Gasteiger partial charge in [-0.3, -0.25) is 9.59 Å². The van der Waals surface area contributed by atoms with Gasteiger partial charge in [-0.15, -0.1) is 5.10 Å². The summed E-state index contributed by atoms with van der Waals surface area (Å²) < 4.78 is 0. The first kappa shape index (κ1) is 17.5. The largest absolute Gasteiger partial charge is 0.366 e. The van der Waals surface area contributed by atoms with Crippen molar-refractivity contribution in [1.29, 1.82) is 0 Å². The van der Waals surface area contributed by atoms with E-state index < -0.39 is 0 Å². The van der Waals surface area contributed by atoms with Crippen LogP contribution in [0.2, 0.25) is 0 Å². The third-order valence-corrected chi connectivity index (χ3v) is 5.38. The number of amides is 2. The topological polar surface area (TPSA) is 78.4 Å². The SMILES string of the molecule is CN1C(=O)CCc2cc(C(=O)N3CCC(Nc4cccnn4)CC3)ccc21. The highest BCUT2D eigenvalue weighted by molar-refractivity contribution is 5.99. The van der Waals surface area contributed by atoms with Gasteiger partial charge in [0.15, 0.2) is 0 Å². The molecule has 27 heavy (non-hydrogen) atoms. The summed E-state index contributed by atoms with van der Waals surface area (Å²) in [5, 5.41) is 11.3. The van der Waals surface area contributed by atoms with Crippen LogP contribution in [0, 0.1) is 0 Å². The van der Waals surface area contributed by atoms with Crippen molar-refractivity contribution in [3.8, 4) is 0 Å². The molecule has 140 valence electrons. The van der Waals surface area contributed by atoms with Gasteiger partial charge in [-0.05, 0) is 55.2 Å². The fourth-order valence-corrected chi connectivity index (χ4v) is 3.79. The molecule has 0 unspecified atom stereocenters. The number of nitrogens with one attached hydrogen (secondary N) is 1. The molecule has 0 radical (unpaired) electrons. The smallest absolute Gasteiger partial charge is 0.253 e. The Balaban J connectivity index is 1.39. The molecule has 4 rings (SSSR count). The van der Waals surface area contributed by atoms with Gasteiger partial charge in [0.25, 0.3) is 5.91 Å². The van der Waals surface area contributed by atoms with Gasteiger partial charge in [0.05, 0.1) is 0 Å². The maximum absolute atomic E-state index is 12.9. The average molecular weight is 365 g/mol. The Morgan fingerprint density at radius 3 is 2.74 bits per heavy atom. The van der Waals surface area contributed by atoms with Crippen LogP contribution in [-0.4, -0.2) is 53.1 Å². The number of anilines is 2. The number of aromatic nitrogens is 2. The standard InChI is InChI=1S/C20H23N5O2/c1-24-17-6-4-15(13-14(17)5-7-19(24)26)20(27)25-11-8-16(9-12-25)22-18-3-2-10-21-23-18/h2-4,6,10,13,16H,5,7-9,11-12H2,1H3,(H,22,23). The molecule has 0 spiro atoms. The van der Waals surface area contributed by atoms with E-state index in [1.807, 2.05) is 35.2 Å². The second-order valence-corrected chi connectivity index (χ2v) is 7.12. The van der Waals surface area contributed by atoms with Gasteiger partial charge in [0.2, 0.25) is 5.91 Å². The van der Waals surface area contributed by atoms with E-state index in [1.54, 1.807) is 18.1 Å². The summed E-state index contributed by atoms with van der Waals surface area (Å²) in [5.41, 5.74) is 2.69. The van der Waals surface area contributed by atoms with Gasteiger partial charge in [-0.1, -0.05) is 0 Å². The molecule has 1 aromatic heterocycles. The van der Waals surface area contributed by atoms with Crippen LogP contribution >= 0.6 is 0 Å². The zero-order valence-corrected chi connectivity index (χ0v) is 15.4. The number of carbonyl (C=O) groups is 2. The van der Waals surface area contributed by atoms with Crippen molar-refractivity contribution in [1.82, 2.24) is 15.1 Å². The van der Waals surface area contributed by atoms with E-state index in [4.69, 9.17) is 0 Å². The minimum atomic E-state index is 0.0651. The number of aryl methyl sites for hydroxylation is 1. The molecule has 1 N–H and O–H groups in total. The molecule has 0 bridgehead atoms. The van der Waals surface area contributed by atoms with E-state index in [9.17, 15) is 9.59 Å². The molecular formula is C20H23N5O2. The summed E-state index contributed by atoms with van der Waals surface area (Å²) in [6.07, 6.45) is 4.61. The number of fused-ring (bicyclic) bond motifs is 1. The van der Waals surface area contributed by atoms with Crippen molar-refractivity contribution >= 4 is 23.3 Å². The van der Waals surface area contributed by atoms with Gasteiger partial charge in [0, 0.05) is 50.0 Å². The number of piperidine rings is 1. The summed E-state index contributed by atoms with van der Waals surface area (Å²) in [7, 11) is 1.79. The van der Waals surface area contributed by atoms with Crippen molar-refractivity contribution in [2.45, 2.75) is 31.7 Å². The Bertz CT molecular complexity index is 847. The molecule has 2 aliphatic rings. The number of hydrogen-bond acceptors (Lipinski definition) is 5. The van der Waals surface area contributed by atoms with Crippen molar-refractivity contribution in [3.05, 3.63) is 47.7 Å². The number of nitrogens with zero attached hydrogens (tertiary/aromatic N) is 4. The molecule has 7 nitrogen and oxygen atoms in total. The van der Waals surface area contributed by atoms with Crippen molar-refractivity contribution < 1.29 is 9.59 Å². The first-order chi connectivity index (χ1) is 13.1. The molecule has 0 atom stereocenters. The number of likely N-dealkylation sites (tertiary alicyclic amines) is 1. The monoisotopic (exact) mass is 365 g/mol. The van der Waals surface area contributed by atoms with E-state index in [0.29, 0.717) is 37.5 Å². The normalized spacial score (nSPS) is 17.6. The Labute approximate surface area is 158 Å². The molecule has 2 amide bonds. The molecule has 7 heteroatoms. The van der Waals surface area contributed by atoms with Gasteiger partial charge in [-0.2, -0.15) is 5.10 Å². The lowest BCUT2D eigenvalue weighted by molar-refractivity contribution is -0.118. The quantitative estimate of drug-likeness (QED) is 0.901. The second kappa shape index (κ2) is 7.34. The highest BCUT2D eigenvalue weighted by Gasteiger charge is 2.26. The van der Waals surface area contributed by atoms with Crippen LogP contribution in [0.5, 0.6) is 0 Å². The Morgan fingerprint density at radius 1 is 1.19 bits per heavy atom. The lowest BCUT2D eigenvalue weighted by Gasteiger charge is -2.33. The zero-order chi connectivity index (χ0) is 18.8. The lowest BCUT2D eigenvalue weighted by Crippen LogP contribution is -2.42. The highest BCUT2D eigenvalue weighted by atomic mass is 16.2. The van der Waals surface area contributed by atoms with Gasteiger partial charge >= 0.3 is 0 Å². The molecule has 3 heterocycles. The zero-order valence-electron chi connectivity index (χ0n) is 15.4. The maximum atomic E-state index is 12.9. The minimum Gasteiger partial charge on any atom is -0.366 e.